The second-order valence-electron chi connectivity index (χ2n) is 6.02. The van der Waals surface area contributed by atoms with E-state index < -0.39 is 0 Å². The summed E-state index contributed by atoms with van der Waals surface area (Å²) in [5.41, 5.74) is 2.62. The Kier molecular flexibility index (Phi) is 6.36. The third-order valence-electron chi connectivity index (χ3n) is 3.90. The van der Waals surface area contributed by atoms with E-state index in [1.165, 1.54) is 24.1 Å². The predicted octanol–water partition coefficient (Wildman–Crippen LogP) is 4.23. The Labute approximate surface area is 119 Å². The van der Waals surface area contributed by atoms with Crippen molar-refractivity contribution in [2.75, 3.05) is 19.0 Å². The molecule has 1 aromatic carbocycles. The number of hydrogen-bond acceptors (Lipinski definition) is 2. The maximum Gasteiger partial charge on any atom is 0.0361 e. The number of benzene rings is 1. The molecule has 0 aliphatic heterocycles. The summed E-state index contributed by atoms with van der Waals surface area (Å²) in [6.45, 7) is 9.13. The molecule has 0 bridgehead atoms. The van der Waals surface area contributed by atoms with Crippen molar-refractivity contribution in [2.24, 2.45) is 5.92 Å². The van der Waals surface area contributed by atoms with E-state index in [9.17, 15) is 0 Å². The fourth-order valence-electron chi connectivity index (χ4n) is 2.42. The second kappa shape index (κ2) is 7.54. The average Bonchev–Trinajstić information content (AvgIpc) is 2.38. The quantitative estimate of drug-likeness (QED) is 0.791. The average molecular weight is 262 g/mol. The Morgan fingerprint density at radius 3 is 2.11 bits per heavy atom. The summed E-state index contributed by atoms with van der Waals surface area (Å²) in [7, 11) is 4.15. The molecule has 0 fully saturated rings. The molecule has 0 saturated carbocycles. The van der Waals surface area contributed by atoms with Crippen LogP contribution in [0.2, 0.25) is 0 Å². The van der Waals surface area contributed by atoms with Gasteiger partial charge in [0, 0.05) is 31.9 Å². The molecule has 0 heterocycles. The van der Waals surface area contributed by atoms with Gasteiger partial charge in [-0.3, -0.25) is 0 Å². The number of hydrogen-bond donors (Lipinski definition) is 1. The third-order valence-corrected chi connectivity index (χ3v) is 3.90. The lowest BCUT2D eigenvalue weighted by Gasteiger charge is -2.23. The van der Waals surface area contributed by atoms with E-state index in [1.54, 1.807) is 0 Å². The van der Waals surface area contributed by atoms with Crippen molar-refractivity contribution in [3.63, 3.8) is 0 Å². The van der Waals surface area contributed by atoms with Crippen molar-refractivity contribution in [3.05, 3.63) is 29.8 Å². The molecule has 2 nitrogen and oxygen atoms in total. The second-order valence-corrected chi connectivity index (χ2v) is 6.02. The van der Waals surface area contributed by atoms with Crippen molar-refractivity contribution in [3.8, 4) is 0 Å². The van der Waals surface area contributed by atoms with E-state index in [2.05, 4.69) is 76.3 Å². The highest BCUT2D eigenvalue weighted by atomic mass is 15.1. The first-order chi connectivity index (χ1) is 8.93. The summed E-state index contributed by atoms with van der Waals surface area (Å²) in [5, 5.41) is 3.70. The highest BCUT2D eigenvalue weighted by molar-refractivity contribution is 5.46. The topological polar surface area (TPSA) is 15.3 Å². The zero-order valence-electron chi connectivity index (χ0n) is 13.4. The van der Waals surface area contributed by atoms with Gasteiger partial charge >= 0.3 is 0 Å². The van der Waals surface area contributed by atoms with E-state index >= 15 is 0 Å². The van der Waals surface area contributed by atoms with Crippen LogP contribution in [-0.2, 0) is 0 Å². The molecule has 1 aromatic rings. The first-order valence-electron chi connectivity index (χ1n) is 7.47. The van der Waals surface area contributed by atoms with E-state index in [0.717, 1.165) is 5.92 Å². The monoisotopic (exact) mass is 262 g/mol. The maximum atomic E-state index is 3.70. The van der Waals surface area contributed by atoms with Crippen molar-refractivity contribution in [1.29, 1.82) is 0 Å². The summed E-state index contributed by atoms with van der Waals surface area (Å²) < 4.78 is 0. The maximum absolute atomic E-state index is 3.70. The SMILES string of the molecule is CCC(C)CC(C)NC(C)c1ccc(N(C)C)cc1. The molecule has 19 heavy (non-hydrogen) atoms. The molecular formula is C17H30N2. The summed E-state index contributed by atoms with van der Waals surface area (Å²) >= 11 is 0. The summed E-state index contributed by atoms with van der Waals surface area (Å²) in [5.74, 6) is 0.797. The van der Waals surface area contributed by atoms with Crippen LogP contribution in [-0.4, -0.2) is 20.1 Å². The van der Waals surface area contributed by atoms with Crippen LogP contribution in [0.25, 0.3) is 0 Å². The van der Waals surface area contributed by atoms with Gasteiger partial charge in [0.05, 0.1) is 0 Å². The zero-order chi connectivity index (χ0) is 14.4. The van der Waals surface area contributed by atoms with Crippen molar-refractivity contribution >= 4 is 5.69 Å². The molecule has 2 heteroatoms. The van der Waals surface area contributed by atoms with Crippen LogP contribution in [0.5, 0.6) is 0 Å². The van der Waals surface area contributed by atoms with Gasteiger partial charge < -0.3 is 10.2 Å². The number of nitrogens with one attached hydrogen (secondary N) is 1. The molecule has 0 saturated heterocycles. The van der Waals surface area contributed by atoms with Crippen LogP contribution in [0.1, 0.15) is 52.1 Å². The summed E-state index contributed by atoms with van der Waals surface area (Å²) in [6.07, 6.45) is 2.51. The van der Waals surface area contributed by atoms with Gasteiger partial charge in [0.2, 0.25) is 0 Å². The van der Waals surface area contributed by atoms with Gasteiger partial charge in [0.15, 0.2) is 0 Å². The minimum atomic E-state index is 0.412. The largest absolute Gasteiger partial charge is 0.378 e. The van der Waals surface area contributed by atoms with Gasteiger partial charge in [0.1, 0.15) is 0 Å². The van der Waals surface area contributed by atoms with E-state index in [0.29, 0.717) is 12.1 Å². The van der Waals surface area contributed by atoms with E-state index in [-0.39, 0.29) is 0 Å². The standard InChI is InChI=1S/C17H30N2/c1-7-13(2)12-14(3)18-15(4)16-8-10-17(11-9-16)19(5)6/h8-11,13-15,18H,7,12H2,1-6H3. The van der Waals surface area contributed by atoms with Crippen molar-refractivity contribution < 1.29 is 0 Å². The molecule has 3 atom stereocenters. The van der Waals surface area contributed by atoms with Crippen molar-refractivity contribution in [2.45, 2.75) is 52.6 Å². The third kappa shape index (κ3) is 5.23. The molecule has 0 spiro atoms. The smallest absolute Gasteiger partial charge is 0.0361 e. The van der Waals surface area contributed by atoms with Crippen LogP contribution in [0.3, 0.4) is 0 Å². The molecule has 108 valence electrons. The van der Waals surface area contributed by atoms with E-state index in [1.807, 2.05) is 0 Å². The Morgan fingerprint density at radius 1 is 1.05 bits per heavy atom. The molecule has 3 unspecified atom stereocenters. The van der Waals surface area contributed by atoms with Gasteiger partial charge in [-0.1, -0.05) is 32.4 Å². The minimum absolute atomic E-state index is 0.412. The van der Waals surface area contributed by atoms with Crippen LogP contribution < -0.4 is 10.2 Å². The number of anilines is 1. The molecular weight excluding hydrogens is 232 g/mol. The van der Waals surface area contributed by atoms with Gasteiger partial charge in [0.25, 0.3) is 0 Å². The van der Waals surface area contributed by atoms with Crippen LogP contribution in [0, 0.1) is 5.92 Å². The Balaban J connectivity index is 2.55. The number of nitrogens with zero attached hydrogens (tertiary/aromatic N) is 1. The van der Waals surface area contributed by atoms with Gasteiger partial charge in [-0.2, -0.15) is 0 Å². The summed E-state index contributed by atoms with van der Waals surface area (Å²) in [6, 6.07) is 9.81. The lowest BCUT2D eigenvalue weighted by atomic mass is 9.99. The fraction of sp³-hybridized carbons (Fsp3) is 0.647. The van der Waals surface area contributed by atoms with Crippen LogP contribution in [0.15, 0.2) is 24.3 Å². The van der Waals surface area contributed by atoms with Crippen LogP contribution >= 0.6 is 0 Å². The molecule has 1 rings (SSSR count). The minimum Gasteiger partial charge on any atom is -0.378 e. The lowest BCUT2D eigenvalue weighted by molar-refractivity contribution is 0.385. The summed E-state index contributed by atoms with van der Waals surface area (Å²) in [4.78, 5) is 2.13. The normalized spacial score (nSPS) is 15.9. The van der Waals surface area contributed by atoms with Gasteiger partial charge in [-0.05, 0) is 43.9 Å². The van der Waals surface area contributed by atoms with Gasteiger partial charge in [-0.25, -0.2) is 0 Å². The highest BCUT2D eigenvalue weighted by Gasteiger charge is 2.11. The molecule has 0 aliphatic carbocycles. The predicted molar refractivity (Wildman–Crippen MR) is 85.9 cm³/mol. The molecule has 0 aromatic heterocycles. The molecule has 0 amide bonds. The van der Waals surface area contributed by atoms with Crippen LogP contribution in [0.4, 0.5) is 5.69 Å². The Morgan fingerprint density at radius 2 is 1.63 bits per heavy atom. The fourth-order valence-corrected chi connectivity index (χ4v) is 2.42. The first-order valence-corrected chi connectivity index (χ1v) is 7.47. The van der Waals surface area contributed by atoms with Crippen molar-refractivity contribution in [1.82, 2.24) is 5.32 Å². The lowest BCUT2D eigenvalue weighted by Crippen LogP contribution is -2.30. The first kappa shape index (κ1) is 16.0. The molecule has 0 radical (unpaired) electrons. The zero-order valence-corrected chi connectivity index (χ0v) is 13.4. The van der Waals surface area contributed by atoms with E-state index in [4.69, 9.17) is 0 Å². The number of rotatable bonds is 7. The Hall–Kier alpha value is -1.02. The Bertz CT molecular complexity index is 356. The molecule has 0 aliphatic rings. The van der Waals surface area contributed by atoms with Gasteiger partial charge in [-0.15, -0.1) is 0 Å². The molecule has 1 N–H and O–H groups in total. The highest BCUT2D eigenvalue weighted by Crippen LogP contribution is 2.19.